The standard InChI is InChI=1S/C16H16ClN5O/c1-2-11(18)15-21-12-5-3-4-10(17)14(12)16(23)22(15)9-6-7-13(19)20-8-9/h3-8,11H,2,18H2,1H3,(H2,19,20)/t11-/m0/s1. The van der Waals surface area contributed by atoms with Crippen LogP contribution in [0.4, 0.5) is 5.82 Å². The van der Waals surface area contributed by atoms with Crippen LogP contribution in [0.15, 0.2) is 41.3 Å². The first kappa shape index (κ1) is 15.5. The minimum atomic E-state index is -0.386. The van der Waals surface area contributed by atoms with E-state index < -0.39 is 0 Å². The molecule has 1 aromatic carbocycles. The summed E-state index contributed by atoms with van der Waals surface area (Å²) in [5.41, 5.74) is 12.6. The fraction of sp³-hybridized carbons (Fsp3) is 0.188. The van der Waals surface area contributed by atoms with Gasteiger partial charge in [-0.2, -0.15) is 0 Å². The molecule has 0 saturated carbocycles. The fourth-order valence-electron chi connectivity index (χ4n) is 2.42. The lowest BCUT2D eigenvalue weighted by molar-refractivity contribution is 0.622. The van der Waals surface area contributed by atoms with E-state index in [1.165, 1.54) is 10.8 Å². The van der Waals surface area contributed by atoms with Crippen LogP contribution in [0, 0.1) is 0 Å². The van der Waals surface area contributed by atoms with Gasteiger partial charge in [-0.25, -0.2) is 9.97 Å². The van der Waals surface area contributed by atoms with E-state index in [2.05, 4.69) is 9.97 Å². The Labute approximate surface area is 137 Å². The van der Waals surface area contributed by atoms with Gasteiger partial charge in [0.15, 0.2) is 0 Å². The molecule has 0 saturated heterocycles. The van der Waals surface area contributed by atoms with Crippen molar-refractivity contribution in [2.75, 3.05) is 5.73 Å². The van der Waals surface area contributed by atoms with Crippen molar-refractivity contribution in [1.29, 1.82) is 0 Å². The maximum Gasteiger partial charge on any atom is 0.267 e. The number of anilines is 1. The molecule has 2 heterocycles. The highest BCUT2D eigenvalue weighted by Gasteiger charge is 2.18. The van der Waals surface area contributed by atoms with Crippen molar-refractivity contribution in [3.8, 4) is 5.69 Å². The molecule has 0 unspecified atom stereocenters. The van der Waals surface area contributed by atoms with Crippen LogP contribution in [0.3, 0.4) is 0 Å². The number of nitrogens with zero attached hydrogens (tertiary/aromatic N) is 3. The summed E-state index contributed by atoms with van der Waals surface area (Å²) in [4.78, 5) is 21.6. The summed E-state index contributed by atoms with van der Waals surface area (Å²) in [7, 11) is 0. The van der Waals surface area contributed by atoms with E-state index in [9.17, 15) is 4.79 Å². The molecule has 118 valence electrons. The van der Waals surface area contributed by atoms with E-state index in [0.717, 1.165) is 0 Å². The minimum absolute atomic E-state index is 0.272. The zero-order valence-corrected chi connectivity index (χ0v) is 13.3. The van der Waals surface area contributed by atoms with Crippen molar-refractivity contribution in [3.05, 3.63) is 57.7 Å². The maximum atomic E-state index is 13.0. The number of halogens is 1. The number of rotatable bonds is 3. The van der Waals surface area contributed by atoms with Gasteiger partial charge < -0.3 is 11.5 Å². The van der Waals surface area contributed by atoms with E-state index in [1.807, 2.05) is 6.92 Å². The smallest absolute Gasteiger partial charge is 0.267 e. The van der Waals surface area contributed by atoms with E-state index in [1.54, 1.807) is 30.3 Å². The Bertz CT molecular complexity index is 920. The van der Waals surface area contributed by atoms with Gasteiger partial charge >= 0.3 is 0 Å². The van der Waals surface area contributed by atoms with Crippen molar-refractivity contribution < 1.29 is 0 Å². The first-order chi connectivity index (χ1) is 11.0. The quantitative estimate of drug-likeness (QED) is 0.768. The normalized spacial score (nSPS) is 12.5. The third-order valence-electron chi connectivity index (χ3n) is 3.67. The van der Waals surface area contributed by atoms with E-state index >= 15 is 0 Å². The van der Waals surface area contributed by atoms with Crippen LogP contribution in [-0.2, 0) is 0 Å². The Hall–Kier alpha value is -2.44. The largest absolute Gasteiger partial charge is 0.384 e. The van der Waals surface area contributed by atoms with Gasteiger partial charge in [0.05, 0.1) is 33.9 Å². The lowest BCUT2D eigenvalue weighted by Crippen LogP contribution is -2.28. The average Bonchev–Trinajstić information content (AvgIpc) is 2.55. The first-order valence-electron chi connectivity index (χ1n) is 7.21. The molecule has 0 aliphatic carbocycles. The lowest BCUT2D eigenvalue weighted by atomic mass is 10.1. The molecule has 0 spiro atoms. The molecule has 1 atom stereocenters. The van der Waals surface area contributed by atoms with Gasteiger partial charge in [-0.3, -0.25) is 9.36 Å². The fourth-order valence-corrected chi connectivity index (χ4v) is 2.67. The molecule has 0 aliphatic heterocycles. The van der Waals surface area contributed by atoms with Crippen molar-refractivity contribution in [3.63, 3.8) is 0 Å². The van der Waals surface area contributed by atoms with Crippen LogP contribution in [0.25, 0.3) is 16.6 Å². The van der Waals surface area contributed by atoms with Gasteiger partial charge in [-0.15, -0.1) is 0 Å². The van der Waals surface area contributed by atoms with Gasteiger partial charge in [-0.1, -0.05) is 24.6 Å². The highest BCUT2D eigenvalue weighted by Crippen LogP contribution is 2.23. The van der Waals surface area contributed by atoms with E-state index in [4.69, 9.17) is 23.1 Å². The number of benzene rings is 1. The zero-order chi connectivity index (χ0) is 16.6. The summed E-state index contributed by atoms with van der Waals surface area (Å²) in [6, 6.07) is 8.12. The molecule has 23 heavy (non-hydrogen) atoms. The Balaban J connectivity index is 2.41. The summed E-state index contributed by atoms with van der Waals surface area (Å²) < 4.78 is 1.45. The highest BCUT2D eigenvalue weighted by molar-refractivity contribution is 6.35. The molecule has 4 N–H and O–H groups in total. The van der Waals surface area contributed by atoms with Gasteiger partial charge in [0.2, 0.25) is 0 Å². The van der Waals surface area contributed by atoms with Crippen molar-refractivity contribution >= 4 is 28.3 Å². The maximum absolute atomic E-state index is 13.0. The Morgan fingerprint density at radius 1 is 1.30 bits per heavy atom. The lowest BCUT2D eigenvalue weighted by Gasteiger charge is -2.17. The SMILES string of the molecule is CC[C@H](N)c1nc2cccc(Cl)c2c(=O)n1-c1ccc(N)nc1. The first-order valence-corrected chi connectivity index (χ1v) is 7.59. The van der Waals surface area contributed by atoms with Gasteiger partial charge in [0.25, 0.3) is 5.56 Å². The number of hydrogen-bond acceptors (Lipinski definition) is 5. The highest BCUT2D eigenvalue weighted by atomic mass is 35.5. The predicted molar refractivity (Wildman–Crippen MR) is 91.8 cm³/mol. The average molecular weight is 330 g/mol. The third-order valence-corrected chi connectivity index (χ3v) is 3.99. The molecule has 0 amide bonds. The number of aromatic nitrogens is 3. The number of hydrogen-bond donors (Lipinski definition) is 2. The Kier molecular flexibility index (Phi) is 4.02. The van der Waals surface area contributed by atoms with E-state index in [-0.39, 0.29) is 11.6 Å². The third kappa shape index (κ3) is 2.67. The number of pyridine rings is 1. The van der Waals surface area contributed by atoms with Crippen LogP contribution in [0.1, 0.15) is 25.2 Å². The molecular weight excluding hydrogens is 314 g/mol. The van der Waals surface area contributed by atoms with Crippen LogP contribution < -0.4 is 17.0 Å². The predicted octanol–water partition coefficient (Wildman–Crippen LogP) is 2.43. The van der Waals surface area contributed by atoms with Crippen molar-refractivity contribution in [2.24, 2.45) is 5.73 Å². The summed E-state index contributed by atoms with van der Waals surface area (Å²) >= 11 is 6.19. The van der Waals surface area contributed by atoms with Crippen molar-refractivity contribution in [1.82, 2.24) is 14.5 Å². The molecule has 0 fully saturated rings. The van der Waals surface area contributed by atoms with Crippen LogP contribution >= 0.6 is 11.6 Å². The second-order valence-electron chi connectivity index (χ2n) is 5.20. The second kappa shape index (κ2) is 5.98. The molecule has 0 aliphatic rings. The van der Waals surface area contributed by atoms with Crippen LogP contribution in [0.5, 0.6) is 0 Å². The molecular formula is C16H16ClN5O. The molecule has 6 nitrogen and oxygen atoms in total. The molecule has 7 heteroatoms. The second-order valence-corrected chi connectivity index (χ2v) is 5.61. The van der Waals surface area contributed by atoms with Gasteiger partial charge in [0, 0.05) is 0 Å². The Morgan fingerprint density at radius 3 is 2.74 bits per heavy atom. The van der Waals surface area contributed by atoms with Crippen molar-refractivity contribution in [2.45, 2.75) is 19.4 Å². The topological polar surface area (TPSA) is 99.8 Å². The van der Waals surface area contributed by atoms with Gasteiger partial charge in [0.1, 0.15) is 11.6 Å². The van der Waals surface area contributed by atoms with E-state index in [0.29, 0.717) is 39.7 Å². The molecule has 3 rings (SSSR count). The summed E-state index contributed by atoms with van der Waals surface area (Å²) in [6.45, 7) is 1.94. The summed E-state index contributed by atoms with van der Waals surface area (Å²) in [6.07, 6.45) is 2.16. The molecule has 2 aromatic heterocycles. The van der Waals surface area contributed by atoms with Crippen LogP contribution in [-0.4, -0.2) is 14.5 Å². The Morgan fingerprint density at radius 2 is 2.09 bits per heavy atom. The molecule has 0 radical (unpaired) electrons. The summed E-state index contributed by atoms with van der Waals surface area (Å²) in [5.74, 6) is 0.841. The number of fused-ring (bicyclic) bond motifs is 1. The van der Waals surface area contributed by atoms with Crippen LogP contribution in [0.2, 0.25) is 5.02 Å². The molecule has 0 bridgehead atoms. The van der Waals surface area contributed by atoms with Gasteiger partial charge in [-0.05, 0) is 30.7 Å². The number of nitrogens with two attached hydrogens (primary N) is 2. The molecule has 3 aromatic rings. The minimum Gasteiger partial charge on any atom is -0.384 e. The summed E-state index contributed by atoms with van der Waals surface area (Å²) in [5, 5.41) is 0.715. The number of nitrogen functional groups attached to an aromatic ring is 1. The zero-order valence-electron chi connectivity index (χ0n) is 12.5. The monoisotopic (exact) mass is 329 g/mol.